The van der Waals surface area contributed by atoms with Gasteiger partial charge in [0, 0.05) is 5.54 Å². The molecular formula is C15H27N. The summed E-state index contributed by atoms with van der Waals surface area (Å²) in [5, 5.41) is 0. The molecule has 0 saturated heterocycles. The molecule has 0 spiro atoms. The van der Waals surface area contributed by atoms with Crippen LogP contribution in [0.2, 0.25) is 0 Å². The third-order valence-electron chi connectivity index (χ3n) is 5.21. The van der Waals surface area contributed by atoms with Gasteiger partial charge in [-0.15, -0.1) is 0 Å². The van der Waals surface area contributed by atoms with Crippen molar-refractivity contribution in [1.29, 1.82) is 0 Å². The van der Waals surface area contributed by atoms with E-state index in [1.807, 2.05) is 0 Å². The molecule has 1 heteroatoms. The summed E-state index contributed by atoms with van der Waals surface area (Å²) in [4.78, 5) is 0. The van der Waals surface area contributed by atoms with Gasteiger partial charge in [0.2, 0.25) is 0 Å². The quantitative estimate of drug-likeness (QED) is 0.671. The lowest BCUT2D eigenvalue weighted by atomic mass is 9.56. The first kappa shape index (κ1) is 12.2. The summed E-state index contributed by atoms with van der Waals surface area (Å²) in [5.41, 5.74) is 8.40. The van der Waals surface area contributed by atoms with Gasteiger partial charge in [-0.1, -0.05) is 32.4 Å². The van der Waals surface area contributed by atoms with Crippen molar-refractivity contribution in [3.63, 3.8) is 0 Å². The lowest BCUT2D eigenvalue weighted by Crippen LogP contribution is -2.58. The van der Waals surface area contributed by atoms with Crippen molar-refractivity contribution in [3.05, 3.63) is 11.6 Å². The lowest BCUT2D eigenvalue weighted by Gasteiger charge is -2.52. The Hall–Kier alpha value is -0.300. The molecule has 0 aromatic rings. The van der Waals surface area contributed by atoms with Crippen LogP contribution in [0.4, 0.5) is 0 Å². The summed E-state index contributed by atoms with van der Waals surface area (Å²) in [7, 11) is 0. The lowest BCUT2D eigenvalue weighted by molar-refractivity contribution is 0.0582. The Balaban J connectivity index is 2.32. The average molecular weight is 221 g/mol. The smallest absolute Gasteiger partial charge is 0.0249 e. The predicted molar refractivity (Wildman–Crippen MR) is 70.1 cm³/mol. The van der Waals surface area contributed by atoms with Gasteiger partial charge in [-0.25, -0.2) is 0 Å². The zero-order chi connectivity index (χ0) is 11.9. The Morgan fingerprint density at radius 3 is 2.69 bits per heavy atom. The van der Waals surface area contributed by atoms with Crippen molar-refractivity contribution in [1.82, 2.24) is 0 Å². The molecule has 2 aliphatic rings. The molecule has 0 unspecified atom stereocenters. The van der Waals surface area contributed by atoms with E-state index in [2.05, 4.69) is 33.8 Å². The van der Waals surface area contributed by atoms with Crippen LogP contribution in [0.3, 0.4) is 0 Å². The second kappa shape index (κ2) is 4.18. The highest BCUT2D eigenvalue weighted by Gasteiger charge is 2.47. The molecule has 4 atom stereocenters. The van der Waals surface area contributed by atoms with Crippen molar-refractivity contribution in [3.8, 4) is 0 Å². The SMILES string of the molecule is CC1=C[C@@H]2[C@H](C(C)C)CC[C@@H](C)[C@]2(N)CC1. The molecule has 1 nitrogen and oxygen atoms in total. The van der Waals surface area contributed by atoms with Gasteiger partial charge in [0.25, 0.3) is 0 Å². The van der Waals surface area contributed by atoms with E-state index < -0.39 is 0 Å². The average Bonchev–Trinajstić information content (AvgIpc) is 2.21. The normalized spacial score (nSPS) is 44.1. The maximum absolute atomic E-state index is 6.75. The first-order valence-corrected chi connectivity index (χ1v) is 6.91. The van der Waals surface area contributed by atoms with Crippen molar-refractivity contribution < 1.29 is 0 Å². The molecule has 0 aliphatic heterocycles. The van der Waals surface area contributed by atoms with Crippen molar-refractivity contribution in [2.24, 2.45) is 29.4 Å². The summed E-state index contributed by atoms with van der Waals surface area (Å²) in [6.07, 6.45) is 7.60. The molecule has 92 valence electrons. The van der Waals surface area contributed by atoms with Gasteiger partial charge in [0.15, 0.2) is 0 Å². The summed E-state index contributed by atoms with van der Waals surface area (Å²) in [5.74, 6) is 2.89. The highest BCUT2D eigenvalue weighted by atomic mass is 14.8. The Morgan fingerprint density at radius 1 is 1.38 bits per heavy atom. The Bertz CT molecular complexity index is 292. The first-order valence-electron chi connectivity index (χ1n) is 6.91. The molecular weight excluding hydrogens is 194 g/mol. The van der Waals surface area contributed by atoms with Crippen LogP contribution < -0.4 is 5.73 Å². The summed E-state index contributed by atoms with van der Waals surface area (Å²) in [6, 6.07) is 0. The van der Waals surface area contributed by atoms with Crippen LogP contribution in [0.25, 0.3) is 0 Å². The van der Waals surface area contributed by atoms with Crippen LogP contribution in [0.15, 0.2) is 11.6 Å². The molecule has 0 heterocycles. The van der Waals surface area contributed by atoms with Crippen LogP contribution in [-0.2, 0) is 0 Å². The molecule has 2 rings (SSSR count). The second-order valence-corrected chi connectivity index (χ2v) is 6.54. The standard InChI is InChI=1S/C15H27N/c1-10(2)13-6-5-12(4)15(16)8-7-11(3)9-14(13)15/h9-10,12-14H,5-8,16H2,1-4H3/t12-,13+,14-,15-/m1/s1. The maximum atomic E-state index is 6.75. The van der Waals surface area contributed by atoms with Gasteiger partial charge in [-0.2, -0.15) is 0 Å². The fourth-order valence-electron chi connectivity index (χ4n) is 3.86. The molecule has 1 saturated carbocycles. The third-order valence-corrected chi connectivity index (χ3v) is 5.21. The predicted octanol–water partition coefficient (Wildman–Crippen LogP) is 3.74. The van der Waals surface area contributed by atoms with E-state index in [9.17, 15) is 0 Å². The van der Waals surface area contributed by atoms with E-state index in [-0.39, 0.29) is 5.54 Å². The van der Waals surface area contributed by atoms with Gasteiger partial charge < -0.3 is 5.73 Å². The number of nitrogens with two attached hydrogens (primary N) is 1. The van der Waals surface area contributed by atoms with Crippen molar-refractivity contribution in [2.75, 3.05) is 0 Å². The molecule has 2 N–H and O–H groups in total. The summed E-state index contributed by atoms with van der Waals surface area (Å²) < 4.78 is 0. The highest BCUT2D eigenvalue weighted by molar-refractivity contribution is 5.18. The number of rotatable bonds is 1. The maximum Gasteiger partial charge on any atom is 0.0249 e. The van der Waals surface area contributed by atoms with Gasteiger partial charge in [0.1, 0.15) is 0 Å². The minimum Gasteiger partial charge on any atom is -0.324 e. The van der Waals surface area contributed by atoms with E-state index in [0.29, 0.717) is 11.8 Å². The number of hydrogen-bond acceptors (Lipinski definition) is 1. The third kappa shape index (κ3) is 1.84. The number of allylic oxidation sites excluding steroid dienone is 1. The van der Waals surface area contributed by atoms with Crippen LogP contribution in [-0.4, -0.2) is 5.54 Å². The zero-order valence-corrected chi connectivity index (χ0v) is 11.3. The van der Waals surface area contributed by atoms with E-state index in [4.69, 9.17) is 5.73 Å². The minimum atomic E-state index is 0.0900. The van der Waals surface area contributed by atoms with Crippen LogP contribution in [0, 0.1) is 23.7 Å². The molecule has 0 amide bonds. The van der Waals surface area contributed by atoms with Crippen molar-refractivity contribution >= 4 is 0 Å². The van der Waals surface area contributed by atoms with Crippen LogP contribution in [0.5, 0.6) is 0 Å². The second-order valence-electron chi connectivity index (χ2n) is 6.54. The largest absolute Gasteiger partial charge is 0.324 e. The molecule has 16 heavy (non-hydrogen) atoms. The Kier molecular flexibility index (Phi) is 3.18. The highest BCUT2D eigenvalue weighted by Crippen LogP contribution is 2.49. The Labute approximate surface area is 100 Å². The van der Waals surface area contributed by atoms with Gasteiger partial charge in [-0.3, -0.25) is 0 Å². The van der Waals surface area contributed by atoms with Crippen LogP contribution in [0.1, 0.15) is 53.4 Å². The van der Waals surface area contributed by atoms with E-state index in [1.165, 1.54) is 25.7 Å². The molecule has 0 aromatic heterocycles. The first-order chi connectivity index (χ1) is 7.45. The monoisotopic (exact) mass is 221 g/mol. The molecule has 0 bridgehead atoms. The molecule has 2 aliphatic carbocycles. The summed E-state index contributed by atoms with van der Waals surface area (Å²) >= 11 is 0. The fraction of sp³-hybridized carbons (Fsp3) is 0.867. The number of fused-ring (bicyclic) bond motifs is 1. The summed E-state index contributed by atoms with van der Waals surface area (Å²) in [6.45, 7) is 9.35. The topological polar surface area (TPSA) is 26.0 Å². The number of hydrogen-bond donors (Lipinski definition) is 1. The van der Waals surface area contributed by atoms with Gasteiger partial charge in [0.05, 0.1) is 0 Å². The van der Waals surface area contributed by atoms with Crippen molar-refractivity contribution in [2.45, 2.75) is 58.9 Å². The molecule has 1 fully saturated rings. The van der Waals surface area contributed by atoms with Gasteiger partial charge in [-0.05, 0) is 56.3 Å². The van der Waals surface area contributed by atoms with E-state index >= 15 is 0 Å². The van der Waals surface area contributed by atoms with Crippen LogP contribution >= 0.6 is 0 Å². The molecule has 0 radical (unpaired) electrons. The minimum absolute atomic E-state index is 0.0900. The molecule has 0 aromatic carbocycles. The Morgan fingerprint density at radius 2 is 2.06 bits per heavy atom. The zero-order valence-electron chi connectivity index (χ0n) is 11.3. The van der Waals surface area contributed by atoms with E-state index in [1.54, 1.807) is 5.57 Å². The fourth-order valence-corrected chi connectivity index (χ4v) is 3.86. The van der Waals surface area contributed by atoms with Gasteiger partial charge >= 0.3 is 0 Å². The van der Waals surface area contributed by atoms with E-state index in [0.717, 1.165) is 11.8 Å².